The summed E-state index contributed by atoms with van der Waals surface area (Å²) < 4.78 is 0. The molecule has 2 N–H and O–H groups in total. The second-order valence-corrected chi connectivity index (χ2v) is 5.18. The lowest BCUT2D eigenvalue weighted by molar-refractivity contribution is 0.437. The molecule has 2 nitrogen and oxygen atoms in total. The van der Waals surface area contributed by atoms with E-state index in [-0.39, 0.29) is 0 Å². The van der Waals surface area contributed by atoms with E-state index in [1.165, 1.54) is 4.90 Å². The van der Waals surface area contributed by atoms with Gasteiger partial charge in [-0.05, 0) is 31.8 Å². The molecule has 1 rings (SSSR count). The molecule has 1 aromatic rings. The molecule has 0 bridgehead atoms. The van der Waals surface area contributed by atoms with E-state index in [9.17, 15) is 0 Å². The molecule has 15 heavy (non-hydrogen) atoms. The molecule has 0 unspecified atom stereocenters. The van der Waals surface area contributed by atoms with Gasteiger partial charge in [0, 0.05) is 28.8 Å². The lowest BCUT2D eigenvalue weighted by Gasteiger charge is -2.09. The third kappa shape index (κ3) is 4.43. The van der Waals surface area contributed by atoms with Crippen molar-refractivity contribution in [3.63, 3.8) is 0 Å². The number of halogens is 1. The Hall–Kier alpha value is -0.220. The van der Waals surface area contributed by atoms with Crippen LogP contribution in [0.5, 0.6) is 0 Å². The van der Waals surface area contributed by atoms with Gasteiger partial charge in [-0.1, -0.05) is 17.7 Å². The van der Waals surface area contributed by atoms with Gasteiger partial charge in [-0.2, -0.15) is 0 Å². The summed E-state index contributed by atoms with van der Waals surface area (Å²) in [5, 5.41) is 0.771. The Morgan fingerprint density at radius 1 is 1.40 bits per heavy atom. The summed E-state index contributed by atoms with van der Waals surface area (Å²) in [6, 6.07) is 6.07. The first-order chi connectivity index (χ1) is 7.13. The molecule has 1 aromatic carbocycles. The Bertz CT molecular complexity index is 315. The molecule has 0 aliphatic rings. The highest BCUT2D eigenvalue weighted by atomic mass is 35.5. The number of nitrogens with zero attached hydrogens (tertiary/aromatic N) is 1. The van der Waals surface area contributed by atoms with Gasteiger partial charge in [0.25, 0.3) is 0 Å². The Balaban J connectivity index is 2.52. The predicted octanol–water partition coefficient (Wildman–Crippen LogP) is 2.45. The molecule has 0 aliphatic carbocycles. The minimum atomic E-state index is 0.501. The first-order valence-electron chi connectivity index (χ1n) is 4.89. The van der Waals surface area contributed by atoms with Crippen LogP contribution in [0.2, 0.25) is 5.02 Å². The number of rotatable bonds is 5. The van der Waals surface area contributed by atoms with Crippen molar-refractivity contribution in [2.24, 2.45) is 5.73 Å². The SMILES string of the molecule is CN(C)CCSc1ccc(CN)c(Cl)c1. The first-order valence-corrected chi connectivity index (χ1v) is 6.26. The van der Waals surface area contributed by atoms with E-state index >= 15 is 0 Å². The van der Waals surface area contributed by atoms with Crippen LogP contribution in [-0.4, -0.2) is 31.3 Å². The molecule has 0 amide bonds. The van der Waals surface area contributed by atoms with Crippen LogP contribution >= 0.6 is 23.4 Å². The van der Waals surface area contributed by atoms with Crippen LogP contribution in [0.25, 0.3) is 0 Å². The molecule has 0 atom stereocenters. The number of nitrogens with two attached hydrogens (primary N) is 1. The van der Waals surface area contributed by atoms with Crippen molar-refractivity contribution in [3.05, 3.63) is 28.8 Å². The Morgan fingerprint density at radius 2 is 2.13 bits per heavy atom. The van der Waals surface area contributed by atoms with Crippen molar-refractivity contribution < 1.29 is 0 Å². The van der Waals surface area contributed by atoms with Gasteiger partial charge in [0.2, 0.25) is 0 Å². The highest BCUT2D eigenvalue weighted by Crippen LogP contribution is 2.24. The van der Waals surface area contributed by atoms with Crippen LogP contribution in [0.15, 0.2) is 23.1 Å². The molecule has 0 aliphatic heterocycles. The average molecular weight is 245 g/mol. The van der Waals surface area contributed by atoms with Gasteiger partial charge in [-0.15, -0.1) is 11.8 Å². The molecule has 4 heteroatoms. The summed E-state index contributed by atoms with van der Waals surface area (Å²) in [5.41, 5.74) is 6.55. The molecule has 0 aromatic heterocycles. The number of thioether (sulfide) groups is 1. The van der Waals surface area contributed by atoms with Crippen LogP contribution in [0.3, 0.4) is 0 Å². The molecule has 0 heterocycles. The minimum absolute atomic E-state index is 0.501. The van der Waals surface area contributed by atoms with Gasteiger partial charge in [0.15, 0.2) is 0 Å². The van der Waals surface area contributed by atoms with E-state index in [4.69, 9.17) is 17.3 Å². The zero-order valence-corrected chi connectivity index (χ0v) is 10.7. The van der Waals surface area contributed by atoms with Crippen LogP contribution in [0.1, 0.15) is 5.56 Å². The monoisotopic (exact) mass is 244 g/mol. The highest BCUT2D eigenvalue weighted by molar-refractivity contribution is 7.99. The Morgan fingerprint density at radius 3 is 2.67 bits per heavy atom. The van der Waals surface area contributed by atoms with E-state index in [1.807, 2.05) is 23.9 Å². The maximum absolute atomic E-state index is 6.07. The maximum Gasteiger partial charge on any atom is 0.0462 e. The summed E-state index contributed by atoms with van der Waals surface area (Å²) in [6.45, 7) is 1.57. The largest absolute Gasteiger partial charge is 0.326 e. The van der Waals surface area contributed by atoms with E-state index in [0.29, 0.717) is 6.54 Å². The first kappa shape index (κ1) is 12.8. The third-order valence-electron chi connectivity index (χ3n) is 2.05. The lowest BCUT2D eigenvalue weighted by Crippen LogP contribution is -2.14. The van der Waals surface area contributed by atoms with Crippen molar-refractivity contribution >= 4 is 23.4 Å². The van der Waals surface area contributed by atoms with Crippen LogP contribution in [0, 0.1) is 0 Å². The second-order valence-electron chi connectivity index (χ2n) is 3.61. The van der Waals surface area contributed by atoms with E-state index in [0.717, 1.165) is 22.9 Å². The summed E-state index contributed by atoms with van der Waals surface area (Å²) in [7, 11) is 4.15. The van der Waals surface area contributed by atoms with E-state index < -0.39 is 0 Å². The maximum atomic E-state index is 6.07. The quantitative estimate of drug-likeness (QED) is 0.807. The molecule has 0 fully saturated rings. The molecule has 84 valence electrons. The molecular weight excluding hydrogens is 228 g/mol. The normalized spacial score (nSPS) is 11.0. The van der Waals surface area contributed by atoms with Crippen LogP contribution in [-0.2, 0) is 6.54 Å². The fourth-order valence-corrected chi connectivity index (χ4v) is 2.51. The third-order valence-corrected chi connectivity index (χ3v) is 3.38. The fourth-order valence-electron chi connectivity index (χ4n) is 1.13. The topological polar surface area (TPSA) is 29.3 Å². The molecule has 0 saturated heterocycles. The van der Waals surface area contributed by atoms with Crippen molar-refractivity contribution in [1.82, 2.24) is 4.90 Å². The molecule has 0 spiro atoms. The van der Waals surface area contributed by atoms with Crippen LogP contribution in [0.4, 0.5) is 0 Å². The molecular formula is C11H17ClN2S. The van der Waals surface area contributed by atoms with Crippen molar-refractivity contribution in [2.75, 3.05) is 26.4 Å². The van der Waals surface area contributed by atoms with Crippen molar-refractivity contribution in [1.29, 1.82) is 0 Å². The standard InChI is InChI=1S/C11H17ClN2S/c1-14(2)5-6-15-10-4-3-9(8-13)11(12)7-10/h3-4,7H,5-6,8,13H2,1-2H3. The number of benzene rings is 1. The Kier molecular flexibility index (Phi) is 5.47. The van der Waals surface area contributed by atoms with Crippen molar-refractivity contribution in [2.45, 2.75) is 11.4 Å². The lowest BCUT2D eigenvalue weighted by atomic mass is 10.2. The van der Waals surface area contributed by atoms with Gasteiger partial charge < -0.3 is 10.6 Å². The van der Waals surface area contributed by atoms with Gasteiger partial charge in [0.1, 0.15) is 0 Å². The second kappa shape index (κ2) is 6.38. The number of hydrogen-bond donors (Lipinski definition) is 1. The van der Waals surface area contributed by atoms with Gasteiger partial charge in [0.05, 0.1) is 0 Å². The summed E-state index contributed by atoms with van der Waals surface area (Å²) in [5.74, 6) is 1.07. The fraction of sp³-hybridized carbons (Fsp3) is 0.455. The number of hydrogen-bond acceptors (Lipinski definition) is 3. The van der Waals surface area contributed by atoms with E-state index in [2.05, 4.69) is 25.1 Å². The molecule has 0 radical (unpaired) electrons. The predicted molar refractivity (Wildman–Crippen MR) is 68.6 cm³/mol. The van der Waals surface area contributed by atoms with Crippen molar-refractivity contribution in [3.8, 4) is 0 Å². The highest BCUT2D eigenvalue weighted by Gasteiger charge is 2.01. The van der Waals surface area contributed by atoms with Crippen LogP contribution < -0.4 is 5.73 Å². The minimum Gasteiger partial charge on any atom is -0.326 e. The summed E-state index contributed by atoms with van der Waals surface area (Å²) in [6.07, 6.45) is 0. The van der Waals surface area contributed by atoms with Gasteiger partial charge in [-0.25, -0.2) is 0 Å². The van der Waals surface area contributed by atoms with Gasteiger partial charge in [-0.3, -0.25) is 0 Å². The summed E-state index contributed by atoms with van der Waals surface area (Å²) >= 11 is 7.88. The molecule has 0 saturated carbocycles. The average Bonchev–Trinajstić information content (AvgIpc) is 2.17. The van der Waals surface area contributed by atoms with E-state index in [1.54, 1.807) is 0 Å². The zero-order chi connectivity index (χ0) is 11.3. The van der Waals surface area contributed by atoms with Gasteiger partial charge >= 0.3 is 0 Å². The Labute approximate surface area is 101 Å². The zero-order valence-electron chi connectivity index (χ0n) is 9.16. The summed E-state index contributed by atoms with van der Waals surface area (Å²) in [4.78, 5) is 3.38. The smallest absolute Gasteiger partial charge is 0.0462 e.